The van der Waals surface area contributed by atoms with E-state index < -0.39 is 0 Å². The van der Waals surface area contributed by atoms with E-state index in [4.69, 9.17) is 4.74 Å². The van der Waals surface area contributed by atoms with E-state index in [1.165, 1.54) is 11.3 Å². The minimum Gasteiger partial charge on any atom is -0.385 e. The molecule has 0 spiro atoms. The van der Waals surface area contributed by atoms with Crippen LogP contribution < -0.4 is 5.32 Å². The number of ether oxygens (including phenoxy) is 1. The van der Waals surface area contributed by atoms with E-state index in [1.54, 1.807) is 13.4 Å². The molecule has 0 bridgehead atoms. The van der Waals surface area contributed by atoms with Crippen LogP contribution in [-0.2, 0) is 4.74 Å². The van der Waals surface area contributed by atoms with Gasteiger partial charge in [-0.2, -0.15) is 0 Å². The molecule has 6 nitrogen and oxygen atoms in total. The van der Waals surface area contributed by atoms with Crippen molar-refractivity contribution in [3.63, 3.8) is 0 Å². The number of carbonyl (C=O) groups is 1. The van der Waals surface area contributed by atoms with Crippen molar-refractivity contribution < 1.29 is 9.53 Å². The molecule has 1 amide bonds. The summed E-state index contributed by atoms with van der Waals surface area (Å²) >= 11 is 1.47. The van der Waals surface area contributed by atoms with Gasteiger partial charge >= 0.3 is 0 Å². The highest BCUT2D eigenvalue weighted by atomic mass is 32.1. The second kappa shape index (κ2) is 7.23. The molecule has 0 aliphatic carbocycles. The minimum absolute atomic E-state index is 0.133. The molecule has 0 aromatic carbocycles. The van der Waals surface area contributed by atoms with Gasteiger partial charge in [0.15, 0.2) is 0 Å². The number of nitrogens with one attached hydrogen (secondary N) is 1. The van der Waals surface area contributed by atoms with E-state index in [2.05, 4.69) is 15.3 Å². The van der Waals surface area contributed by atoms with E-state index in [1.807, 2.05) is 11.8 Å². The maximum absolute atomic E-state index is 12.7. The Labute approximate surface area is 139 Å². The molecule has 23 heavy (non-hydrogen) atoms. The molecule has 0 saturated carbocycles. The summed E-state index contributed by atoms with van der Waals surface area (Å²) in [5.74, 6) is 0.939. The van der Waals surface area contributed by atoms with Gasteiger partial charge in [0.25, 0.3) is 5.91 Å². The van der Waals surface area contributed by atoms with Crippen molar-refractivity contribution in [1.82, 2.24) is 14.9 Å². The average Bonchev–Trinajstić information content (AvgIpc) is 3.20. The number of likely N-dealkylation sites (tertiary alicyclic amines) is 1. The van der Waals surface area contributed by atoms with Crippen molar-refractivity contribution in [1.29, 1.82) is 0 Å². The summed E-state index contributed by atoms with van der Waals surface area (Å²) < 4.78 is 5.06. The fourth-order valence-corrected chi connectivity index (χ4v) is 4.01. The number of nitrogens with zero attached hydrogens (tertiary/aromatic N) is 3. The fourth-order valence-electron chi connectivity index (χ4n) is 2.90. The molecule has 1 saturated heterocycles. The number of anilines is 1. The number of hydrogen-bond acceptors (Lipinski definition) is 6. The van der Waals surface area contributed by atoms with E-state index >= 15 is 0 Å². The number of rotatable bonds is 6. The molecule has 1 N–H and O–H groups in total. The fraction of sp³-hybridized carbons (Fsp3) is 0.562. The van der Waals surface area contributed by atoms with Crippen LogP contribution in [0.4, 0.5) is 5.82 Å². The Bertz CT molecular complexity index is 695. The summed E-state index contributed by atoms with van der Waals surface area (Å²) in [7, 11) is 1.70. The molecule has 0 unspecified atom stereocenters. The van der Waals surface area contributed by atoms with Crippen molar-refractivity contribution in [3.05, 3.63) is 16.8 Å². The van der Waals surface area contributed by atoms with Crippen LogP contribution in [0.5, 0.6) is 0 Å². The molecule has 124 valence electrons. The van der Waals surface area contributed by atoms with Crippen LogP contribution in [-0.4, -0.2) is 54.1 Å². The van der Waals surface area contributed by atoms with Crippen LogP contribution in [0.2, 0.25) is 0 Å². The zero-order valence-corrected chi connectivity index (χ0v) is 14.4. The van der Waals surface area contributed by atoms with Gasteiger partial charge in [0.1, 0.15) is 17.0 Å². The summed E-state index contributed by atoms with van der Waals surface area (Å²) in [5.41, 5.74) is 0.983. The summed E-state index contributed by atoms with van der Waals surface area (Å²) in [5, 5.41) is 4.31. The summed E-state index contributed by atoms with van der Waals surface area (Å²) in [4.78, 5) is 25.0. The van der Waals surface area contributed by atoms with E-state index in [-0.39, 0.29) is 5.91 Å². The van der Waals surface area contributed by atoms with Gasteiger partial charge in [-0.3, -0.25) is 4.79 Å². The third-order valence-corrected chi connectivity index (χ3v) is 5.32. The predicted octanol–water partition coefficient (Wildman–Crippen LogP) is 2.68. The lowest BCUT2D eigenvalue weighted by Gasteiger charge is -2.14. The molecule has 0 radical (unpaired) electrons. The standard InChI is InChI=1S/C16H22N4O2S/c1-11-12-14(17-6-5-9-22-2)18-10-19-15(12)23-13(11)16(21)20-7-3-4-8-20/h10H,3-9H2,1-2H3,(H,17,18,19). The number of aryl methyl sites for hydroxylation is 1. The lowest BCUT2D eigenvalue weighted by atomic mass is 10.2. The van der Waals surface area contributed by atoms with Crippen molar-refractivity contribution in [3.8, 4) is 0 Å². The van der Waals surface area contributed by atoms with E-state index in [0.717, 1.165) is 65.4 Å². The first-order valence-electron chi connectivity index (χ1n) is 7.98. The first-order chi connectivity index (χ1) is 11.2. The highest BCUT2D eigenvalue weighted by Crippen LogP contribution is 2.34. The highest BCUT2D eigenvalue weighted by Gasteiger charge is 2.25. The molecule has 3 heterocycles. The van der Waals surface area contributed by atoms with Gasteiger partial charge in [0.2, 0.25) is 0 Å². The zero-order valence-electron chi connectivity index (χ0n) is 13.6. The third-order valence-electron chi connectivity index (χ3n) is 4.13. The maximum Gasteiger partial charge on any atom is 0.264 e. The molecule has 1 aliphatic heterocycles. The largest absolute Gasteiger partial charge is 0.385 e. The van der Waals surface area contributed by atoms with Gasteiger partial charge in [0.05, 0.1) is 10.3 Å². The van der Waals surface area contributed by atoms with Gasteiger partial charge in [-0.05, 0) is 31.7 Å². The molecule has 2 aromatic rings. The van der Waals surface area contributed by atoms with Crippen molar-refractivity contribution in [2.45, 2.75) is 26.2 Å². The van der Waals surface area contributed by atoms with Crippen molar-refractivity contribution in [2.24, 2.45) is 0 Å². The Morgan fingerprint density at radius 1 is 1.39 bits per heavy atom. The van der Waals surface area contributed by atoms with Crippen LogP contribution in [0.25, 0.3) is 10.2 Å². The number of carbonyl (C=O) groups excluding carboxylic acids is 1. The Hall–Kier alpha value is -1.73. The van der Waals surface area contributed by atoms with Crippen LogP contribution in [0, 0.1) is 6.92 Å². The molecule has 0 atom stereocenters. The zero-order chi connectivity index (χ0) is 16.2. The lowest BCUT2D eigenvalue weighted by Crippen LogP contribution is -2.27. The van der Waals surface area contributed by atoms with Crippen molar-refractivity contribution in [2.75, 3.05) is 38.7 Å². The number of thiophene rings is 1. The monoisotopic (exact) mass is 334 g/mol. The van der Waals surface area contributed by atoms with Gasteiger partial charge < -0.3 is 15.0 Å². The number of fused-ring (bicyclic) bond motifs is 1. The number of amides is 1. The molecule has 3 rings (SSSR count). The van der Waals surface area contributed by atoms with Gasteiger partial charge in [-0.25, -0.2) is 9.97 Å². The Balaban J connectivity index is 1.87. The normalized spacial score (nSPS) is 14.6. The number of hydrogen-bond donors (Lipinski definition) is 1. The summed E-state index contributed by atoms with van der Waals surface area (Å²) in [6, 6.07) is 0. The van der Waals surface area contributed by atoms with E-state index in [9.17, 15) is 4.79 Å². The molecular weight excluding hydrogens is 312 g/mol. The lowest BCUT2D eigenvalue weighted by molar-refractivity contribution is 0.0797. The predicted molar refractivity (Wildman–Crippen MR) is 92.3 cm³/mol. The van der Waals surface area contributed by atoms with Gasteiger partial charge in [0, 0.05) is 33.4 Å². The Kier molecular flexibility index (Phi) is 5.07. The molecule has 7 heteroatoms. The number of methoxy groups -OCH3 is 1. The third kappa shape index (κ3) is 3.30. The molecular formula is C16H22N4O2S. The second-order valence-electron chi connectivity index (χ2n) is 5.73. The molecule has 1 fully saturated rings. The van der Waals surface area contributed by atoms with E-state index in [0.29, 0.717) is 6.61 Å². The first-order valence-corrected chi connectivity index (χ1v) is 8.80. The van der Waals surface area contributed by atoms with Crippen LogP contribution in [0.3, 0.4) is 0 Å². The second-order valence-corrected chi connectivity index (χ2v) is 6.73. The van der Waals surface area contributed by atoms with Crippen LogP contribution in [0.15, 0.2) is 6.33 Å². The Morgan fingerprint density at radius 2 is 2.17 bits per heavy atom. The molecule has 2 aromatic heterocycles. The van der Waals surface area contributed by atoms with Crippen LogP contribution >= 0.6 is 11.3 Å². The maximum atomic E-state index is 12.7. The minimum atomic E-state index is 0.133. The topological polar surface area (TPSA) is 67.3 Å². The summed E-state index contributed by atoms with van der Waals surface area (Å²) in [6.07, 6.45) is 4.66. The summed E-state index contributed by atoms with van der Waals surface area (Å²) in [6.45, 7) is 5.21. The highest BCUT2D eigenvalue weighted by molar-refractivity contribution is 7.20. The SMILES string of the molecule is COCCCNc1ncnc2sc(C(=O)N3CCCC3)c(C)c12. The van der Waals surface area contributed by atoms with Crippen LogP contribution in [0.1, 0.15) is 34.5 Å². The number of aromatic nitrogens is 2. The Morgan fingerprint density at radius 3 is 2.91 bits per heavy atom. The quantitative estimate of drug-likeness (QED) is 0.823. The smallest absolute Gasteiger partial charge is 0.264 e. The van der Waals surface area contributed by atoms with Crippen molar-refractivity contribution >= 4 is 33.3 Å². The first kappa shape index (κ1) is 16.1. The molecule has 1 aliphatic rings. The van der Waals surface area contributed by atoms with Gasteiger partial charge in [-0.1, -0.05) is 0 Å². The average molecular weight is 334 g/mol. The van der Waals surface area contributed by atoms with Gasteiger partial charge in [-0.15, -0.1) is 11.3 Å².